The van der Waals surface area contributed by atoms with E-state index in [0.717, 1.165) is 5.75 Å². The third-order valence-electron chi connectivity index (χ3n) is 4.09. The van der Waals surface area contributed by atoms with Crippen LogP contribution in [-0.2, 0) is 10.5 Å². The Labute approximate surface area is 153 Å². The molecule has 0 spiro atoms. The number of aromatic amines is 1. The van der Waals surface area contributed by atoms with Crippen LogP contribution < -0.4 is 11.1 Å². The number of allylic oxidation sites excluding steroid dienone is 1. The summed E-state index contributed by atoms with van der Waals surface area (Å²) in [5.41, 5.74) is 7.86. The van der Waals surface area contributed by atoms with Crippen molar-refractivity contribution >= 4 is 23.6 Å². The second kappa shape index (κ2) is 6.68. The Morgan fingerprint density at radius 2 is 2.15 bits per heavy atom. The number of rotatable bonds is 5. The second-order valence-corrected chi connectivity index (χ2v) is 6.78. The van der Waals surface area contributed by atoms with Crippen LogP contribution in [0.15, 0.2) is 59.2 Å². The number of hydrogen-bond donors (Lipinski definition) is 3. The predicted octanol–water partition coefficient (Wildman–Crippen LogP) is 2.07. The van der Waals surface area contributed by atoms with Crippen LogP contribution in [0.3, 0.4) is 0 Å². The quantitative estimate of drug-likeness (QED) is 0.595. The van der Waals surface area contributed by atoms with Crippen LogP contribution in [0.5, 0.6) is 0 Å². The summed E-state index contributed by atoms with van der Waals surface area (Å²) in [4.78, 5) is 23.9. The van der Waals surface area contributed by atoms with Crippen molar-refractivity contribution < 1.29 is 4.79 Å². The molecule has 0 aliphatic carbocycles. The first kappa shape index (κ1) is 16.4. The number of nitrogens with zero attached hydrogens (tertiary/aromatic N) is 4. The number of fused-ring (bicyclic) bond motifs is 1. The lowest BCUT2D eigenvalue weighted by molar-refractivity contribution is -0.115. The van der Waals surface area contributed by atoms with Gasteiger partial charge in [0.15, 0.2) is 0 Å². The number of nitrogens with two attached hydrogens (primary N) is 1. The third kappa shape index (κ3) is 2.97. The number of amides is 1. The smallest absolute Gasteiger partial charge is 0.249 e. The number of nitrogens with one attached hydrogen (secondary N) is 2. The molecule has 1 unspecified atom stereocenters. The summed E-state index contributed by atoms with van der Waals surface area (Å²) in [6.07, 6.45) is 3.33. The van der Waals surface area contributed by atoms with E-state index in [9.17, 15) is 4.79 Å². The first-order valence-corrected chi connectivity index (χ1v) is 9.02. The minimum absolute atomic E-state index is 0.414. The fourth-order valence-corrected chi connectivity index (χ4v) is 3.70. The van der Waals surface area contributed by atoms with Crippen molar-refractivity contribution in [1.82, 2.24) is 24.7 Å². The number of anilines is 1. The number of hydrogen-bond acceptors (Lipinski definition) is 6. The molecule has 9 heteroatoms. The maximum atomic E-state index is 12.0. The maximum absolute atomic E-state index is 12.0. The van der Waals surface area contributed by atoms with Crippen molar-refractivity contribution in [2.24, 2.45) is 5.73 Å². The highest BCUT2D eigenvalue weighted by Gasteiger charge is 2.34. The van der Waals surface area contributed by atoms with Gasteiger partial charge in [0.2, 0.25) is 17.0 Å². The Bertz CT molecular complexity index is 962. The van der Waals surface area contributed by atoms with Gasteiger partial charge in [0.05, 0.1) is 5.57 Å². The molecule has 0 saturated carbocycles. The van der Waals surface area contributed by atoms with Gasteiger partial charge in [0.25, 0.3) is 0 Å². The van der Waals surface area contributed by atoms with Crippen molar-refractivity contribution in [2.45, 2.75) is 23.9 Å². The standard InChI is InChI=1S/C17H17N7OS/c1-10-12(14(18)25)13(15-19-7-8-20-15)24-16(21-10)22-17(23-24)26-9-11-5-3-2-4-6-11/h2-8,13H,9H2,1H3,(H2,18,25)(H,19,20)(H,21,22,23). The number of imidazole rings is 1. The Morgan fingerprint density at radius 1 is 1.35 bits per heavy atom. The van der Waals surface area contributed by atoms with E-state index in [1.165, 1.54) is 17.3 Å². The van der Waals surface area contributed by atoms with Crippen LogP contribution in [0.1, 0.15) is 24.4 Å². The highest BCUT2D eigenvalue weighted by atomic mass is 32.2. The van der Waals surface area contributed by atoms with Crippen molar-refractivity contribution in [1.29, 1.82) is 0 Å². The largest absolute Gasteiger partial charge is 0.366 e. The summed E-state index contributed by atoms with van der Waals surface area (Å²) in [5, 5.41) is 8.31. The van der Waals surface area contributed by atoms with Crippen LogP contribution in [-0.4, -0.2) is 30.6 Å². The van der Waals surface area contributed by atoms with E-state index in [2.05, 4.69) is 37.5 Å². The fourth-order valence-electron chi connectivity index (χ4n) is 2.91. The summed E-state index contributed by atoms with van der Waals surface area (Å²) >= 11 is 1.53. The zero-order valence-corrected chi connectivity index (χ0v) is 14.8. The van der Waals surface area contributed by atoms with Crippen LogP contribution in [0.4, 0.5) is 5.95 Å². The molecule has 2 aromatic heterocycles. The van der Waals surface area contributed by atoms with Gasteiger partial charge in [-0.3, -0.25) is 4.79 Å². The van der Waals surface area contributed by atoms with Gasteiger partial charge in [0.1, 0.15) is 11.9 Å². The molecule has 1 aliphatic heterocycles. The van der Waals surface area contributed by atoms with Crippen molar-refractivity contribution in [2.75, 3.05) is 5.32 Å². The molecule has 1 atom stereocenters. The SMILES string of the molecule is CC1=C(C(N)=O)C(c2ncc[nH]2)n2nc(SCc3ccccc3)nc2N1. The average Bonchev–Trinajstić information content (AvgIpc) is 3.29. The monoisotopic (exact) mass is 367 g/mol. The van der Waals surface area contributed by atoms with E-state index >= 15 is 0 Å². The van der Waals surface area contributed by atoms with Crippen LogP contribution in [0, 0.1) is 0 Å². The first-order valence-electron chi connectivity index (χ1n) is 8.03. The molecule has 0 saturated heterocycles. The minimum Gasteiger partial charge on any atom is -0.366 e. The van der Waals surface area contributed by atoms with Gasteiger partial charge >= 0.3 is 0 Å². The molecule has 132 valence electrons. The Morgan fingerprint density at radius 3 is 2.85 bits per heavy atom. The van der Waals surface area contributed by atoms with Gasteiger partial charge in [-0.1, -0.05) is 42.1 Å². The second-order valence-electron chi connectivity index (χ2n) is 5.84. The van der Waals surface area contributed by atoms with E-state index in [1.807, 2.05) is 18.2 Å². The Kier molecular flexibility index (Phi) is 4.21. The molecule has 3 aromatic rings. The summed E-state index contributed by atoms with van der Waals surface area (Å²) in [6, 6.07) is 9.58. The summed E-state index contributed by atoms with van der Waals surface area (Å²) in [5.74, 6) is 1.39. The predicted molar refractivity (Wildman–Crippen MR) is 98.3 cm³/mol. The highest BCUT2D eigenvalue weighted by Crippen LogP contribution is 2.34. The molecule has 0 fully saturated rings. The van der Waals surface area contributed by atoms with Crippen molar-refractivity contribution in [3.05, 3.63) is 65.4 Å². The van der Waals surface area contributed by atoms with Gasteiger partial charge in [-0.2, -0.15) is 4.98 Å². The highest BCUT2D eigenvalue weighted by molar-refractivity contribution is 7.98. The molecular formula is C17H17N7OS. The lowest BCUT2D eigenvalue weighted by Gasteiger charge is -2.25. The fraction of sp³-hybridized carbons (Fsp3) is 0.176. The van der Waals surface area contributed by atoms with E-state index in [1.54, 1.807) is 24.0 Å². The molecule has 4 N–H and O–H groups in total. The van der Waals surface area contributed by atoms with Gasteiger partial charge in [-0.15, -0.1) is 5.10 Å². The number of carbonyl (C=O) groups excluding carboxylic acids is 1. The molecule has 1 aromatic carbocycles. The molecule has 1 aliphatic rings. The number of aromatic nitrogens is 5. The zero-order valence-electron chi connectivity index (χ0n) is 14.0. The van der Waals surface area contributed by atoms with E-state index in [0.29, 0.717) is 28.2 Å². The summed E-state index contributed by atoms with van der Waals surface area (Å²) in [7, 11) is 0. The van der Waals surface area contributed by atoms with Gasteiger partial charge in [-0.05, 0) is 12.5 Å². The summed E-state index contributed by atoms with van der Waals surface area (Å²) in [6.45, 7) is 1.80. The number of benzene rings is 1. The summed E-state index contributed by atoms with van der Waals surface area (Å²) < 4.78 is 1.65. The molecule has 4 rings (SSSR count). The molecule has 3 heterocycles. The van der Waals surface area contributed by atoms with E-state index < -0.39 is 11.9 Å². The molecule has 26 heavy (non-hydrogen) atoms. The zero-order chi connectivity index (χ0) is 18.1. The molecule has 1 amide bonds. The molecule has 0 bridgehead atoms. The number of thioether (sulfide) groups is 1. The Hall–Kier alpha value is -3.07. The first-order chi connectivity index (χ1) is 12.6. The molecule has 8 nitrogen and oxygen atoms in total. The third-order valence-corrected chi connectivity index (χ3v) is 5.00. The lowest BCUT2D eigenvalue weighted by atomic mass is 10.0. The van der Waals surface area contributed by atoms with E-state index in [4.69, 9.17) is 5.73 Å². The van der Waals surface area contributed by atoms with Gasteiger partial charge in [-0.25, -0.2) is 9.67 Å². The van der Waals surface area contributed by atoms with Crippen LogP contribution >= 0.6 is 11.8 Å². The molecule has 0 radical (unpaired) electrons. The topological polar surface area (TPSA) is 115 Å². The van der Waals surface area contributed by atoms with Crippen molar-refractivity contribution in [3.8, 4) is 0 Å². The average molecular weight is 367 g/mol. The maximum Gasteiger partial charge on any atom is 0.249 e. The van der Waals surface area contributed by atoms with E-state index in [-0.39, 0.29) is 0 Å². The van der Waals surface area contributed by atoms with Crippen LogP contribution in [0.2, 0.25) is 0 Å². The minimum atomic E-state index is -0.530. The van der Waals surface area contributed by atoms with Crippen molar-refractivity contribution in [3.63, 3.8) is 0 Å². The molecular weight excluding hydrogens is 350 g/mol. The van der Waals surface area contributed by atoms with Gasteiger partial charge in [0, 0.05) is 23.8 Å². The van der Waals surface area contributed by atoms with Gasteiger partial charge < -0.3 is 16.0 Å². The van der Waals surface area contributed by atoms with Crippen LogP contribution in [0.25, 0.3) is 0 Å². The normalized spacial score (nSPS) is 16.3. The Balaban J connectivity index is 1.67. The number of primary amides is 1. The number of carbonyl (C=O) groups is 1. The number of H-pyrrole nitrogens is 1. The lowest BCUT2D eigenvalue weighted by Crippen LogP contribution is -2.32.